The number of nitriles is 1. The SMILES string of the molecule is CC1(C(=N)Nc2cccc(C#N)c2)CCN(c2nc3c(nc2CO)c(-c2ccc4cc[nH]c4c2Cl)nn3C2CCCCO2)CC1. The maximum atomic E-state index is 10.5. The second-order valence-corrected chi connectivity index (χ2v) is 12.4. The number of hydrogen-bond acceptors (Lipinski definition) is 8. The van der Waals surface area contributed by atoms with Gasteiger partial charge in [-0.05, 0) is 56.4 Å². The van der Waals surface area contributed by atoms with Gasteiger partial charge in [-0.2, -0.15) is 10.4 Å². The molecule has 5 heterocycles. The molecule has 7 rings (SSSR count). The van der Waals surface area contributed by atoms with Crippen molar-refractivity contribution < 1.29 is 9.84 Å². The van der Waals surface area contributed by atoms with E-state index in [4.69, 9.17) is 36.8 Å². The summed E-state index contributed by atoms with van der Waals surface area (Å²) in [6.07, 6.45) is 5.82. The molecule has 2 aromatic carbocycles. The molecule has 2 saturated heterocycles. The predicted octanol–water partition coefficient (Wildman–Crippen LogP) is 6.39. The van der Waals surface area contributed by atoms with Gasteiger partial charge in [-0.1, -0.05) is 36.7 Å². The number of H-pyrrole nitrogens is 1. The van der Waals surface area contributed by atoms with Gasteiger partial charge in [-0.15, -0.1) is 0 Å². The number of ether oxygens (including phenoxy) is 1. The molecule has 4 N–H and O–H groups in total. The minimum atomic E-state index is -0.395. The number of halogens is 1. The van der Waals surface area contributed by atoms with E-state index in [1.54, 1.807) is 12.1 Å². The Morgan fingerprint density at radius 2 is 2.07 bits per heavy atom. The van der Waals surface area contributed by atoms with Crippen molar-refractivity contribution in [3.63, 3.8) is 0 Å². The number of aliphatic hydroxyl groups is 1. The highest BCUT2D eigenvalue weighted by molar-refractivity contribution is 6.38. The Kier molecular flexibility index (Phi) is 7.65. The second-order valence-electron chi connectivity index (χ2n) is 12.0. The molecule has 3 aromatic heterocycles. The van der Waals surface area contributed by atoms with Crippen LogP contribution in [0.1, 0.15) is 56.5 Å². The molecular formula is C33H34ClN9O2. The molecule has 230 valence electrons. The van der Waals surface area contributed by atoms with E-state index in [1.165, 1.54) is 0 Å². The summed E-state index contributed by atoms with van der Waals surface area (Å²) in [5.74, 6) is 1.02. The smallest absolute Gasteiger partial charge is 0.182 e. The minimum absolute atomic E-state index is 0.277. The van der Waals surface area contributed by atoms with Crippen molar-refractivity contribution in [3.8, 4) is 17.3 Å². The van der Waals surface area contributed by atoms with Crippen LogP contribution in [-0.2, 0) is 11.3 Å². The van der Waals surface area contributed by atoms with Crippen molar-refractivity contribution in [2.45, 2.75) is 51.9 Å². The zero-order chi connectivity index (χ0) is 31.1. The van der Waals surface area contributed by atoms with Crippen LogP contribution in [0, 0.1) is 22.2 Å². The molecule has 0 aliphatic carbocycles. The van der Waals surface area contributed by atoms with E-state index in [-0.39, 0.29) is 12.8 Å². The number of hydrogen-bond donors (Lipinski definition) is 4. The monoisotopic (exact) mass is 623 g/mol. The van der Waals surface area contributed by atoms with Crippen molar-refractivity contribution in [3.05, 3.63) is 64.9 Å². The Morgan fingerprint density at radius 3 is 2.82 bits per heavy atom. The van der Waals surface area contributed by atoms with Gasteiger partial charge in [-0.3, -0.25) is 5.41 Å². The maximum absolute atomic E-state index is 10.5. The number of aromatic amines is 1. The number of aromatic nitrogens is 5. The van der Waals surface area contributed by atoms with E-state index in [1.807, 2.05) is 41.2 Å². The highest BCUT2D eigenvalue weighted by atomic mass is 35.5. The molecule has 2 aliphatic heterocycles. The first-order valence-electron chi connectivity index (χ1n) is 15.3. The van der Waals surface area contributed by atoms with Gasteiger partial charge in [0.25, 0.3) is 0 Å². The summed E-state index contributed by atoms with van der Waals surface area (Å²) in [6, 6.07) is 15.2. The fourth-order valence-corrected chi connectivity index (χ4v) is 6.65. The molecule has 12 heteroatoms. The zero-order valence-electron chi connectivity index (χ0n) is 25.0. The van der Waals surface area contributed by atoms with E-state index < -0.39 is 5.41 Å². The standard InChI is InChI=1S/C33H34ClN9O2/c1-33(32(36)38-22-6-4-5-20(17-22)18-35)11-14-42(15-12-33)30-24(19-44)39-29-28(23-9-8-21-10-13-37-27(21)26(23)34)41-43(31(29)40-30)25-7-2-3-16-45-25/h4-6,8-10,13,17,25,37,44H,2-3,7,11-12,14-16,19H2,1H3,(H2,36,38). The normalized spacial score (nSPS) is 18.3. The summed E-state index contributed by atoms with van der Waals surface area (Å²) < 4.78 is 7.98. The van der Waals surface area contributed by atoms with Crippen molar-refractivity contribution in [2.24, 2.45) is 5.41 Å². The van der Waals surface area contributed by atoms with Crippen molar-refractivity contribution >= 4 is 51.0 Å². The first-order valence-corrected chi connectivity index (χ1v) is 15.6. The van der Waals surface area contributed by atoms with E-state index in [2.05, 4.69) is 28.2 Å². The van der Waals surface area contributed by atoms with Gasteiger partial charge in [0.2, 0.25) is 0 Å². The van der Waals surface area contributed by atoms with Crippen LogP contribution < -0.4 is 10.2 Å². The van der Waals surface area contributed by atoms with Crippen molar-refractivity contribution in [1.29, 1.82) is 10.7 Å². The van der Waals surface area contributed by atoms with Gasteiger partial charge in [0.1, 0.15) is 22.7 Å². The van der Waals surface area contributed by atoms with Crippen LogP contribution in [0.25, 0.3) is 33.3 Å². The number of nitrogens with zero attached hydrogens (tertiary/aromatic N) is 6. The Morgan fingerprint density at radius 1 is 1.22 bits per heavy atom. The Bertz CT molecular complexity index is 1950. The molecule has 0 bridgehead atoms. The van der Waals surface area contributed by atoms with Gasteiger partial charge in [0.15, 0.2) is 17.7 Å². The molecule has 1 atom stereocenters. The van der Waals surface area contributed by atoms with Crippen molar-refractivity contribution in [2.75, 3.05) is 29.9 Å². The Balaban J connectivity index is 1.22. The molecule has 0 spiro atoms. The molecule has 0 amide bonds. The molecule has 0 radical (unpaired) electrons. The van der Waals surface area contributed by atoms with E-state index in [9.17, 15) is 10.4 Å². The third-order valence-corrected chi connectivity index (χ3v) is 9.50. The summed E-state index contributed by atoms with van der Waals surface area (Å²) in [4.78, 5) is 15.5. The summed E-state index contributed by atoms with van der Waals surface area (Å²) in [5, 5.41) is 38.4. The van der Waals surface area contributed by atoms with Crippen LogP contribution >= 0.6 is 11.6 Å². The number of nitrogens with one attached hydrogen (secondary N) is 3. The average Bonchev–Trinajstić information content (AvgIpc) is 3.71. The van der Waals surface area contributed by atoms with Crippen LogP contribution in [0.2, 0.25) is 5.02 Å². The summed E-state index contributed by atoms with van der Waals surface area (Å²) in [7, 11) is 0. The van der Waals surface area contributed by atoms with Gasteiger partial charge in [0, 0.05) is 47.9 Å². The molecule has 2 aliphatic rings. The topological polar surface area (TPSA) is 152 Å². The van der Waals surface area contributed by atoms with Crippen molar-refractivity contribution in [1.82, 2.24) is 24.7 Å². The molecule has 0 saturated carbocycles. The lowest BCUT2D eigenvalue weighted by atomic mass is 9.79. The van der Waals surface area contributed by atoms with Gasteiger partial charge >= 0.3 is 0 Å². The number of rotatable bonds is 6. The van der Waals surface area contributed by atoms with Crippen LogP contribution in [0.3, 0.4) is 0 Å². The highest BCUT2D eigenvalue weighted by Crippen LogP contribution is 2.40. The Hall–Kier alpha value is -4.50. The summed E-state index contributed by atoms with van der Waals surface area (Å²) >= 11 is 6.90. The predicted molar refractivity (Wildman–Crippen MR) is 174 cm³/mol. The van der Waals surface area contributed by atoms with Crippen LogP contribution in [0.4, 0.5) is 11.5 Å². The van der Waals surface area contributed by atoms with Gasteiger partial charge in [-0.25, -0.2) is 14.6 Å². The molecule has 11 nitrogen and oxygen atoms in total. The summed E-state index contributed by atoms with van der Waals surface area (Å²) in [5.41, 5.74) is 4.66. The number of fused-ring (bicyclic) bond motifs is 2. The van der Waals surface area contributed by atoms with Crippen LogP contribution in [0.5, 0.6) is 0 Å². The molecular weight excluding hydrogens is 590 g/mol. The third kappa shape index (κ3) is 5.29. The number of anilines is 2. The van der Waals surface area contributed by atoms with Gasteiger partial charge < -0.3 is 25.0 Å². The molecule has 45 heavy (non-hydrogen) atoms. The van der Waals surface area contributed by atoms with E-state index in [0.717, 1.165) is 41.4 Å². The second kappa shape index (κ2) is 11.8. The lowest BCUT2D eigenvalue weighted by Gasteiger charge is -2.40. The summed E-state index contributed by atoms with van der Waals surface area (Å²) in [6.45, 7) is 3.70. The Labute approximate surface area is 265 Å². The maximum Gasteiger partial charge on any atom is 0.182 e. The van der Waals surface area contributed by atoms with Gasteiger partial charge in [0.05, 0.1) is 28.8 Å². The molecule has 2 fully saturated rings. The van der Waals surface area contributed by atoms with E-state index in [0.29, 0.717) is 77.3 Å². The average molecular weight is 624 g/mol. The first-order chi connectivity index (χ1) is 21.9. The van der Waals surface area contributed by atoms with E-state index >= 15 is 0 Å². The van der Waals surface area contributed by atoms with Crippen LogP contribution in [-0.4, -0.2) is 55.4 Å². The fraction of sp³-hybridized carbons (Fsp3) is 0.364. The number of benzene rings is 2. The quantitative estimate of drug-likeness (QED) is 0.125. The first kappa shape index (κ1) is 29.2. The number of piperidine rings is 1. The highest BCUT2D eigenvalue weighted by Gasteiger charge is 2.36. The van der Waals surface area contributed by atoms with Crippen LogP contribution in [0.15, 0.2) is 48.7 Å². The number of amidine groups is 1. The molecule has 5 aromatic rings. The number of aliphatic hydroxyl groups excluding tert-OH is 1. The molecule has 1 unspecified atom stereocenters. The third-order valence-electron chi connectivity index (χ3n) is 9.11. The minimum Gasteiger partial charge on any atom is -0.390 e. The zero-order valence-corrected chi connectivity index (χ0v) is 25.7. The lowest BCUT2D eigenvalue weighted by Crippen LogP contribution is -2.45. The fourth-order valence-electron chi connectivity index (χ4n) is 6.33. The largest absolute Gasteiger partial charge is 0.390 e. The lowest BCUT2D eigenvalue weighted by molar-refractivity contribution is -0.0368.